The summed E-state index contributed by atoms with van der Waals surface area (Å²) in [4.78, 5) is 61.7. The van der Waals surface area contributed by atoms with E-state index in [1.165, 1.54) is 47.8 Å². The normalized spacial score (nSPS) is 18.4. The summed E-state index contributed by atoms with van der Waals surface area (Å²) in [5, 5.41) is 18.3. The average molecular weight is 439 g/mol. The number of carbonyl (C=O) groups excluding carboxylic acids is 4. The molecule has 166 valence electrons. The van der Waals surface area contributed by atoms with Crippen molar-refractivity contribution in [2.24, 2.45) is 0 Å². The number of fused-ring (bicyclic) bond motifs is 1. The number of aromatic nitrogens is 2. The van der Waals surface area contributed by atoms with Gasteiger partial charge >= 0.3 is 5.97 Å². The van der Waals surface area contributed by atoms with Crippen LogP contribution in [0.25, 0.3) is 0 Å². The molecule has 1 fully saturated rings. The third-order valence-corrected chi connectivity index (χ3v) is 5.71. The Hall–Kier alpha value is -4.02. The minimum atomic E-state index is -1.28. The highest BCUT2D eigenvalue weighted by molar-refractivity contribution is 6.07. The lowest BCUT2D eigenvalue weighted by Crippen LogP contribution is -2.52. The lowest BCUT2D eigenvalue weighted by atomic mass is 10.0. The third kappa shape index (κ3) is 3.61. The maximum atomic E-state index is 12.7. The molecule has 2 aromatic rings. The summed E-state index contributed by atoms with van der Waals surface area (Å²) in [7, 11) is 0. The van der Waals surface area contributed by atoms with Crippen molar-refractivity contribution in [3.05, 3.63) is 47.2 Å². The van der Waals surface area contributed by atoms with Crippen molar-refractivity contribution in [3.8, 4) is 0 Å². The van der Waals surface area contributed by atoms with E-state index in [0.717, 1.165) is 0 Å². The Morgan fingerprint density at radius 3 is 2.66 bits per heavy atom. The summed E-state index contributed by atoms with van der Waals surface area (Å²) < 4.78 is 1.24. The number of amides is 4. The van der Waals surface area contributed by atoms with Crippen LogP contribution in [-0.4, -0.2) is 55.4 Å². The van der Waals surface area contributed by atoms with Crippen LogP contribution in [0, 0.1) is 0 Å². The molecule has 1 atom stereocenters. The summed E-state index contributed by atoms with van der Waals surface area (Å²) in [6, 6.07) is 5.37. The Balaban J connectivity index is 1.49. The second kappa shape index (κ2) is 7.59. The van der Waals surface area contributed by atoms with E-state index in [1.807, 2.05) is 0 Å². The van der Waals surface area contributed by atoms with Crippen LogP contribution in [0.3, 0.4) is 0 Å². The van der Waals surface area contributed by atoms with Crippen molar-refractivity contribution in [2.75, 3.05) is 5.32 Å². The van der Waals surface area contributed by atoms with Crippen molar-refractivity contribution in [3.63, 3.8) is 0 Å². The first-order valence-electron chi connectivity index (χ1n) is 9.96. The smallest absolute Gasteiger partial charge is 0.331 e. The lowest BCUT2D eigenvalue weighted by Gasteiger charge is -2.29. The van der Waals surface area contributed by atoms with Gasteiger partial charge < -0.3 is 15.3 Å². The van der Waals surface area contributed by atoms with Gasteiger partial charge in [-0.15, -0.1) is 0 Å². The molecule has 1 aromatic heterocycles. The van der Waals surface area contributed by atoms with Crippen LogP contribution in [0.1, 0.15) is 53.0 Å². The number of hydrogen-bond acceptors (Lipinski definition) is 6. The van der Waals surface area contributed by atoms with Gasteiger partial charge in [0.25, 0.3) is 11.8 Å². The van der Waals surface area contributed by atoms with E-state index in [1.54, 1.807) is 6.07 Å². The molecule has 0 saturated carbocycles. The SMILES string of the molecule is CC(C)(C(=O)O)n1ccc(NC(=O)c2ccc3c(c2)CN(C2CCC(=O)NC2=O)C3=O)n1. The molecule has 0 aliphatic carbocycles. The first kappa shape index (κ1) is 21.2. The molecular formula is C21H21N5O6. The molecule has 4 amide bonds. The number of imide groups is 1. The Morgan fingerprint density at radius 1 is 1.22 bits per heavy atom. The highest BCUT2D eigenvalue weighted by Crippen LogP contribution is 2.28. The van der Waals surface area contributed by atoms with Crippen LogP contribution < -0.4 is 10.6 Å². The first-order valence-corrected chi connectivity index (χ1v) is 9.96. The second-order valence-electron chi connectivity index (χ2n) is 8.24. The van der Waals surface area contributed by atoms with Crippen molar-refractivity contribution in [1.29, 1.82) is 0 Å². The minimum Gasteiger partial charge on any atom is -0.479 e. The molecule has 0 bridgehead atoms. The highest BCUT2D eigenvalue weighted by Gasteiger charge is 2.39. The van der Waals surface area contributed by atoms with Crippen molar-refractivity contribution < 1.29 is 29.1 Å². The second-order valence-corrected chi connectivity index (χ2v) is 8.24. The maximum Gasteiger partial charge on any atom is 0.331 e. The molecule has 32 heavy (non-hydrogen) atoms. The number of piperidine rings is 1. The summed E-state index contributed by atoms with van der Waals surface area (Å²) in [6.45, 7) is 3.13. The molecule has 2 aliphatic heterocycles. The van der Waals surface area contributed by atoms with Crippen LogP contribution in [0.5, 0.6) is 0 Å². The number of benzene rings is 1. The highest BCUT2D eigenvalue weighted by atomic mass is 16.4. The van der Waals surface area contributed by atoms with Gasteiger partial charge in [0.1, 0.15) is 6.04 Å². The first-order chi connectivity index (χ1) is 15.1. The van der Waals surface area contributed by atoms with Gasteiger partial charge in [0.2, 0.25) is 11.8 Å². The van der Waals surface area contributed by atoms with Gasteiger partial charge in [-0.05, 0) is 44.0 Å². The predicted molar refractivity (Wildman–Crippen MR) is 110 cm³/mol. The molecule has 0 radical (unpaired) electrons. The number of carboxylic acids is 1. The molecule has 11 heteroatoms. The van der Waals surface area contributed by atoms with Crippen LogP contribution >= 0.6 is 0 Å². The third-order valence-electron chi connectivity index (χ3n) is 5.71. The molecule has 3 heterocycles. The minimum absolute atomic E-state index is 0.156. The quantitative estimate of drug-likeness (QED) is 0.581. The van der Waals surface area contributed by atoms with E-state index >= 15 is 0 Å². The number of rotatable bonds is 5. The Kier molecular flexibility index (Phi) is 5.03. The monoisotopic (exact) mass is 439 g/mol. The van der Waals surface area contributed by atoms with Crippen molar-refractivity contribution >= 4 is 35.4 Å². The van der Waals surface area contributed by atoms with Gasteiger partial charge in [0.15, 0.2) is 11.4 Å². The predicted octanol–water partition coefficient (Wildman–Crippen LogP) is 0.716. The number of nitrogens with zero attached hydrogens (tertiary/aromatic N) is 3. The van der Waals surface area contributed by atoms with Gasteiger partial charge in [0.05, 0.1) is 0 Å². The van der Waals surface area contributed by atoms with E-state index in [9.17, 15) is 29.1 Å². The number of aliphatic carboxylic acids is 1. The van der Waals surface area contributed by atoms with Gasteiger partial charge in [0, 0.05) is 36.4 Å². The molecular weight excluding hydrogens is 418 g/mol. The van der Waals surface area contributed by atoms with Crippen LogP contribution in [0.2, 0.25) is 0 Å². The summed E-state index contributed by atoms with van der Waals surface area (Å²) >= 11 is 0. The zero-order chi connectivity index (χ0) is 23.2. The summed E-state index contributed by atoms with van der Waals surface area (Å²) in [6.07, 6.45) is 1.88. The van der Waals surface area contributed by atoms with Gasteiger partial charge in [-0.25, -0.2) is 4.79 Å². The van der Waals surface area contributed by atoms with E-state index in [0.29, 0.717) is 11.1 Å². The topological polar surface area (TPSA) is 151 Å². The van der Waals surface area contributed by atoms with Crippen LogP contribution in [-0.2, 0) is 26.5 Å². The Morgan fingerprint density at radius 2 is 1.97 bits per heavy atom. The van der Waals surface area contributed by atoms with Gasteiger partial charge in [-0.2, -0.15) is 5.10 Å². The number of carboxylic acid groups (broad SMARTS) is 1. The zero-order valence-corrected chi connectivity index (χ0v) is 17.4. The molecule has 1 aromatic carbocycles. The van der Waals surface area contributed by atoms with Gasteiger partial charge in [-0.1, -0.05) is 0 Å². The largest absolute Gasteiger partial charge is 0.479 e. The molecule has 1 unspecified atom stereocenters. The van der Waals surface area contributed by atoms with Crippen LogP contribution in [0.4, 0.5) is 5.82 Å². The summed E-state index contributed by atoms with van der Waals surface area (Å²) in [5.74, 6) is -2.54. The van der Waals surface area contributed by atoms with Crippen molar-refractivity contribution in [1.82, 2.24) is 20.0 Å². The van der Waals surface area contributed by atoms with E-state index in [4.69, 9.17) is 0 Å². The van der Waals surface area contributed by atoms with E-state index < -0.39 is 29.4 Å². The summed E-state index contributed by atoms with van der Waals surface area (Å²) in [5.41, 5.74) is 0.00785. The van der Waals surface area contributed by atoms with Crippen molar-refractivity contribution in [2.45, 2.75) is 44.8 Å². The number of carbonyl (C=O) groups is 5. The standard InChI is InChI=1S/C21H21N5O6/c1-21(2,20(31)32)26-8-7-15(24-26)22-17(28)11-3-4-13-12(9-11)10-25(19(13)30)14-5-6-16(27)23-18(14)29/h3-4,7-9,14H,5-6,10H2,1-2H3,(H,31,32)(H,22,24,28)(H,23,27,29). The average Bonchev–Trinajstić information content (AvgIpc) is 3.33. The Bertz CT molecular complexity index is 1170. The molecule has 0 spiro atoms. The fraction of sp³-hybridized carbons (Fsp3) is 0.333. The molecule has 4 rings (SSSR count). The van der Waals surface area contributed by atoms with Crippen LogP contribution in [0.15, 0.2) is 30.5 Å². The fourth-order valence-electron chi connectivity index (χ4n) is 3.70. The number of hydrogen-bond donors (Lipinski definition) is 3. The molecule has 3 N–H and O–H groups in total. The zero-order valence-electron chi connectivity index (χ0n) is 17.4. The van der Waals surface area contributed by atoms with Gasteiger partial charge in [-0.3, -0.25) is 29.2 Å². The van der Waals surface area contributed by atoms with E-state index in [-0.39, 0.29) is 42.6 Å². The maximum absolute atomic E-state index is 12.7. The number of nitrogens with one attached hydrogen (secondary N) is 2. The molecule has 2 aliphatic rings. The fourth-order valence-corrected chi connectivity index (χ4v) is 3.70. The van der Waals surface area contributed by atoms with E-state index in [2.05, 4.69) is 15.7 Å². The Labute approximate surface area is 182 Å². The number of anilines is 1. The molecule has 11 nitrogen and oxygen atoms in total. The molecule has 1 saturated heterocycles. The lowest BCUT2D eigenvalue weighted by molar-refractivity contribution is -0.146.